The summed E-state index contributed by atoms with van der Waals surface area (Å²) in [5.74, 6) is -1.42. The lowest BCUT2D eigenvalue weighted by molar-refractivity contribution is -0.147. The Morgan fingerprint density at radius 1 is 1.26 bits per heavy atom. The van der Waals surface area contributed by atoms with Crippen molar-refractivity contribution in [3.8, 4) is 0 Å². The van der Waals surface area contributed by atoms with Crippen LogP contribution >= 0.6 is 0 Å². The Kier molecular flexibility index (Phi) is 3.39. The summed E-state index contributed by atoms with van der Waals surface area (Å²) in [4.78, 5) is 43.9. The monoisotopic (exact) mass is 367 g/mol. The summed E-state index contributed by atoms with van der Waals surface area (Å²) in [7, 11) is 0. The second-order valence-electron chi connectivity index (χ2n) is 8.48. The third-order valence-electron chi connectivity index (χ3n) is 7.21. The van der Waals surface area contributed by atoms with Crippen molar-refractivity contribution in [2.45, 2.75) is 57.7 Å². The Hall–Kier alpha value is -2.21. The Balaban J connectivity index is 1.74. The average molecular weight is 367 g/mol. The van der Waals surface area contributed by atoms with Gasteiger partial charge < -0.3 is 5.32 Å². The number of amides is 3. The van der Waals surface area contributed by atoms with E-state index >= 15 is 0 Å². The summed E-state index contributed by atoms with van der Waals surface area (Å²) in [6.45, 7) is 6.65. The van der Waals surface area contributed by atoms with E-state index in [0.717, 1.165) is 42.6 Å². The molecular weight excluding hydrogens is 342 g/mol. The topological polar surface area (TPSA) is 69.7 Å². The van der Waals surface area contributed by atoms with E-state index in [0.29, 0.717) is 0 Å². The maximum atomic E-state index is 13.5. The first kappa shape index (κ1) is 16.9. The number of carbonyl (C=O) groups excluding carboxylic acids is 3. The molecule has 3 amide bonds. The zero-order chi connectivity index (χ0) is 19.1. The number of likely N-dealkylation sites (tertiary alicyclic amines) is 1. The quantitative estimate of drug-likeness (QED) is 0.812. The Morgan fingerprint density at radius 2 is 2.04 bits per heavy atom. The van der Waals surface area contributed by atoms with Crippen LogP contribution in [0.4, 0.5) is 5.69 Å². The molecule has 1 spiro atoms. The minimum Gasteiger partial charge on any atom is -0.324 e. The summed E-state index contributed by atoms with van der Waals surface area (Å²) in [6.07, 6.45) is 2.54. The lowest BCUT2D eigenvalue weighted by atomic mass is 9.75. The van der Waals surface area contributed by atoms with Crippen LogP contribution in [0.25, 0.3) is 0 Å². The average Bonchev–Trinajstić information content (AvgIpc) is 3.33. The second kappa shape index (κ2) is 5.41. The summed E-state index contributed by atoms with van der Waals surface area (Å²) in [5, 5.41) is 3.01. The highest BCUT2D eigenvalue weighted by atomic mass is 16.2. The fraction of sp³-hybridized carbons (Fsp3) is 0.571. The third-order valence-corrected chi connectivity index (χ3v) is 7.21. The third kappa shape index (κ3) is 1.82. The van der Waals surface area contributed by atoms with E-state index in [1.807, 2.05) is 39.0 Å². The predicted molar refractivity (Wildman–Crippen MR) is 99.8 cm³/mol. The number of benzene rings is 1. The van der Waals surface area contributed by atoms with Crippen molar-refractivity contribution in [3.05, 3.63) is 29.3 Å². The Labute approximate surface area is 158 Å². The van der Waals surface area contributed by atoms with Gasteiger partial charge in [0, 0.05) is 23.3 Å². The van der Waals surface area contributed by atoms with Crippen LogP contribution in [0, 0.1) is 18.8 Å². The van der Waals surface area contributed by atoms with Gasteiger partial charge in [-0.25, -0.2) is 0 Å². The van der Waals surface area contributed by atoms with Crippen molar-refractivity contribution in [2.75, 3.05) is 11.9 Å². The fourth-order valence-electron chi connectivity index (χ4n) is 5.96. The molecular formula is C21H25N3O3. The van der Waals surface area contributed by atoms with E-state index in [1.165, 1.54) is 4.90 Å². The van der Waals surface area contributed by atoms with Gasteiger partial charge in [-0.1, -0.05) is 24.6 Å². The maximum Gasteiger partial charge on any atom is 0.250 e. The zero-order valence-corrected chi connectivity index (χ0v) is 16.0. The molecule has 3 saturated heterocycles. The molecule has 1 aromatic rings. The number of carbonyl (C=O) groups is 3. The number of hydrogen-bond donors (Lipinski definition) is 1. The van der Waals surface area contributed by atoms with Crippen LogP contribution < -0.4 is 5.32 Å². The molecule has 6 nitrogen and oxygen atoms in total. The number of nitrogens with one attached hydrogen (secondary N) is 1. The lowest BCUT2D eigenvalue weighted by Gasteiger charge is -2.37. The molecule has 0 aromatic heterocycles. The number of hydrogen-bond acceptors (Lipinski definition) is 4. The summed E-state index contributed by atoms with van der Waals surface area (Å²) < 4.78 is 0. The molecule has 1 aromatic carbocycles. The van der Waals surface area contributed by atoms with Gasteiger partial charge in [-0.3, -0.25) is 24.2 Å². The van der Waals surface area contributed by atoms with Gasteiger partial charge in [-0.15, -0.1) is 0 Å². The standard InChI is InChI=1S/C21H25N3O3/c1-4-12(3)24-18(25)16-15-6-5-9-23(15)21(17(16)19(24)26)13-10-11(2)7-8-14(13)22-20(21)27/h7-8,10,12,15-17H,4-6,9H2,1-3H3,(H,22,27)/t12-,15+,16+,17-,21-/m0/s1. The summed E-state index contributed by atoms with van der Waals surface area (Å²) >= 11 is 0. The second-order valence-corrected chi connectivity index (χ2v) is 8.48. The first-order valence-electron chi connectivity index (χ1n) is 9.99. The molecule has 5 atom stereocenters. The molecule has 27 heavy (non-hydrogen) atoms. The van der Waals surface area contributed by atoms with Crippen LogP contribution in [-0.2, 0) is 19.9 Å². The van der Waals surface area contributed by atoms with Gasteiger partial charge >= 0.3 is 0 Å². The van der Waals surface area contributed by atoms with E-state index in [-0.39, 0.29) is 29.8 Å². The van der Waals surface area contributed by atoms with Gasteiger partial charge in [-0.05, 0) is 45.7 Å². The maximum absolute atomic E-state index is 13.5. The van der Waals surface area contributed by atoms with Gasteiger partial charge in [0.15, 0.2) is 0 Å². The molecule has 5 rings (SSSR count). The molecule has 3 fully saturated rings. The van der Waals surface area contributed by atoms with Gasteiger partial charge in [0.05, 0.1) is 11.8 Å². The molecule has 0 radical (unpaired) electrons. The van der Waals surface area contributed by atoms with E-state index in [9.17, 15) is 14.4 Å². The number of aryl methyl sites for hydroxylation is 1. The highest BCUT2D eigenvalue weighted by molar-refractivity contribution is 6.15. The zero-order valence-electron chi connectivity index (χ0n) is 16.0. The van der Waals surface area contributed by atoms with Gasteiger partial charge in [0.25, 0.3) is 0 Å². The molecule has 142 valence electrons. The summed E-state index contributed by atoms with van der Waals surface area (Å²) in [5.41, 5.74) is 1.67. The van der Waals surface area contributed by atoms with Gasteiger partial charge in [-0.2, -0.15) is 0 Å². The van der Waals surface area contributed by atoms with Crippen LogP contribution in [0.2, 0.25) is 0 Å². The van der Waals surface area contributed by atoms with Crippen molar-refractivity contribution in [2.24, 2.45) is 11.8 Å². The molecule has 0 aliphatic carbocycles. The van der Waals surface area contributed by atoms with Crippen molar-refractivity contribution in [1.82, 2.24) is 9.80 Å². The number of imide groups is 1. The van der Waals surface area contributed by atoms with E-state index < -0.39 is 17.4 Å². The van der Waals surface area contributed by atoms with Crippen LogP contribution in [0.15, 0.2) is 18.2 Å². The molecule has 0 saturated carbocycles. The van der Waals surface area contributed by atoms with Gasteiger partial charge in [0.1, 0.15) is 5.54 Å². The number of nitrogens with zero attached hydrogens (tertiary/aromatic N) is 2. The number of rotatable bonds is 2. The highest BCUT2D eigenvalue weighted by Gasteiger charge is 2.74. The van der Waals surface area contributed by atoms with Crippen molar-refractivity contribution >= 4 is 23.4 Å². The van der Waals surface area contributed by atoms with E-state index in [2.05, 4.69) is 10.2 Å². The first-order chi connectivity index (χ1) is 12.9. The number of anilines is 1. The van der Waals surface area contributed by atoms with Crippen LogP contribution in [-0.4, -0.2) is 46.1 Å². The normalized spacial score (nSPS) is 35.6. The van der Waals surface area contributed by atoms with Crippen LogP contribution in [0.5, 0.6) is 0 Å². The fourth-order valence-corrected chi connectivity index (χ4v) is 5.96. The first-order valence-corrected chi connectivity index (χ1v) is 9.99. The molecule has 4 heterocycles. The van der Waals surface area contributed by atoms with Gasteiger partial charge in [0.2, 0.25) is 17.7 Å². The molecule has 4 aliphatic heterocycles. The minimum atomic E-state index is -1.04. The Morgan fingerprint density at radius 3 is 2.78 bits per heavy atom. The largest absolute Gasteiger partial charge is 0.324 e. The molecule has 4 aliphatic rings. The summed E-state index contributed by atoms with van der Waals surface area (Å²) in [6, 6.07) is 5.75. The highest BCUT2D eigenvalue weighted by Crippen LogP contribution is 2.60. The van der Waals surface area contributed by atoms with Crippen molar-refractivity contribution < 1.29 is 14.4 Å². The SMILES string of the molecule is CC[C@H](C)N1C(=O)[C@@H]2[C@H]3CCCN3[C@]3(C(=O)Nc4ccc(C)cc43)[C@@H]2C1=O. The van der Waals surface area contributed by atoms with Crippen LogP contribution in [0.3, 0.4) is 0 Å². The Bertz CT molecular complexity index is 881. The van der Waals surface area contributed by atoms with E-state index in [4.69, 9.17) is 0 Å². The molecule has 1 N–H and O–H groups in total. The van der Waals surface area contributed by atoms with E-state index in [1.54, 1.807) is 0 Å². The van der Waals surface area contributed by atoms with Crippen molar-refractivity contribution in [1.29, 1.82) is 0 Å². The lowest BCUT2D eigenvalue weighted by Crippen LogP contribution is -2.54. The molecule has 6 heteroatoms. The van der Waals surface area contributed by atoms with Crippen LogP contribution in [0.1, 0.15) is 44.2 Å². The smallest absolute Gasteiger partial charge is 0.250 e. The number of fused-ring (bicyclic) bond motifs is 7. The van der Waals surface area contributed by atoms with Crippen molar-refractivity contribution in [3.63, 3.8) is 0 Å². The molecule has 0 bridgehead atoms. The predicted octanol–water partition coefficient (Wildman–Crippen LogP) is 2.02. The molecule has 0 unspecified atom stereocenters. The minimum absolute atomic E-state index is 0.0299.